The number of hydrogen-bond donors (Lipinski definition) is 0. The molecule has 0 N–H and O–H groups in total. The van der Waals surface area contributed by atoms with Crippen molar-refractivity contribution in [2.75, 3.05) is 0 Å². The van der Waals surface area contributed by atoms with Crippen LogP contribution in [0.1, 0.15) is 47.2 Å². The molecule has 64 heavy (non-hydrogen) atoms. The van der Waals surface area contributed by atoms with E-state index >= 15 is 0 Å². The first-order valence-electron chi connectivity index (χ1n) is 22.0. The minimum absolute atomic E-state index is 0.261. The lowest BCUT2D eigenvalue weighted by molar-refractivity contribution is 0.617. The van der Waals surface area contributed by atoms with E-state index in [0.717, 1.165) is 44.5 Å². The summed E-state index contributed by atoms with van der Waals surface area (Å²) >= 11 is 0. The van der Waals surface area contributed by atoms with Gasteiger partial charge in [-0.2, -0.15) is 0 Å². The van der Waals surface area contributed by atoms with E-state index in [4.69, 9.17) is 18.8 Å². The van der Waals surface area contributed by atoms with Crippen molar-refractivity contribution < 1.29 is 8.83 Å². The Hall–Kier alpha value is -8.08. The second-order valence-electron chi connectivity index (χ2n) is 17.7. The maximum absolute atomic E-state index is 6.33. The van der Waals surface area contributed by atoms with Gasteiger partial charge in [0, 0.05) is 16.5 Å². The SMILES string of the molecule is CC1(C)c2cc(-c3cc(-c4nc5ccccc5o4)cc(-c4nc5ccccc5o4)c3)ccc2-c2ccc(-c3ccc4c(c3)C(c3ccccc3)(c3ccccc3)c3ccccc3-4)cc21. The molecule has 0 radical (unpaired) electrons. The fourth-order valence-electron chi connectivity index (χ4n) is 10.8. The van der Waals surface area contributed by atoms with E-state index in [-0.39, 0.29) is 5.41 Å². The van der Waals surface area contributed by atoms with Crippen LogP contribution < -0.4 is 0 Å². The van der Waals surface area contributed by atoms with Crippen LogP contribution in [0.25, 0.3) is 89.6 Å². The summed E-state index contributed by atoms with van der Waals surface area (Å²) in [6, 6.07) is 74.3. The largest absolute Gasteiger partial charge is 0.436 e. The van der Waals surface area contributed by atoms with Gasteiger partial charge in [0.05, 0.1) is 5.41 Å². The van der Waals surface area contributed by atoms with E-state index in [1.54, 1.807) is 0 Å². The molecule has 0 fully saturated rings. The molecule has 0 atom stereocenters. The monoisotopic (exact) mass is 820 g/mol. The van der Waals surface area contributed by atoms with E-state index in [1.165, 1.54) is 66.8 Å². The van der Waals surface area contributed by atoms with Crippen molar-refractivity contribution in [3.8, 4) is 67.4 Å². The highest BCUT2D eigenvalue weighted by Crippen LogP contribution is 2.57. The molecule has 4 nitrogen and oxygen atoms in total. The van der Waals surface area contributed by atoms with Crippen LogP contribution in [0.5, 0.6) is 0 Å². The van der Waals surface area contributed by atoms with Gasteiger partial charge in [-0.15, -0.1) is 0 Å². The van der Waals surface area contributed by atoms with Crippen LogP contribution in [0.3, 0.4) is 0 Å². The number of benzene rings is 9. The van der Waals surface area contributed by atoms with Crippen molar-refractivity contribution in [2.45, 2.75) is 24.7 Å². The van der Waals surface area contributed by atoms with Gasteiger partial charge >= 0.3 is 0 Å². The number of fused-ring (bicyclic) bond motifs is 8. The van der Waals surface area contributed by atoms with Crippen LogP contribution in [-0.2, 0) is 10.8 Å². The van der Waals surface area contributed by atoms with Gasteiger partial charge in [-0.1, -0.05) is 159 Å². The first-order valence-corrected chi connectivity index (χ1v) is 22.0. The fraction of sp³-hybridized carbons (Fsp3) is 0.0667. The Balaban J connectivity index is 0.921. The molecule has 0 spiro atoms. The average molecular weight is 821 g/mol. The zero-order valence-corrected chi connectivity index (χ0v) is 35.3. The summed E-state index contributed by atoms with van der Waals surface area (Å²) in [5, 5.41) is 0. The molecule has 2 aliphatic carbocycles. The highest BCUT2D eigenvalue weighted by molar-refractivity contribution is 5.91. The summed E-state index contributed by atoms with van der Waals surface area (Å²) in [6.07, 6.45) is 0. The molecule has 0 saturated heterocycles. The van der Waals surface area contributed by atoms with E-state index in [0.29, 0.717) is 11.8 Å². The minimum Gasteiger partial charge on any atom is -0.436 e. The summed E-state index contributed by atoms with van der Waals surface area (Å²) in [6.45, 7) is 4.72. The Kier molecular flexibility index (Phi) is 7.83. The predicted molar refractivity (Wildman–Crippen MR) is 258 cm³/mol. The van der Waals surface area contributed by atoms with Gasteiger partial charge in [0.15, 0.2) is 11.2 Å². The highest BCUT2D eigenvalue weighted by Gasteiger charge is 2.46. The van der Waals surface area contributed by atoms with Crippen molar-refractivity contribution in [2.24, 2.45) is 0 Å². The van der Waals surface area contributed by atoms with Gasteiger partial charge in [-0.25, -0.2) is 9.97 Å². The van der Waals surface area contributed by atoms with Gasteiger partial charge in [0.1, 0.15) is 11.0 Å². The molecular weight excluding hydrogens is 781 g/mol. The van der Waals surface area contributed by atoms with Crippen LogP contribution in [-0.4, -0.2) is 9.97 Å². The molecule has 2 heterocycles. The summed E-state index contributed by atoms with van der Waals surface area (Å²) in [5.41, 5.74) is 21.6. The summed E-state index contributed by atoms with van der Waals surface area (Å²) in [7, 11) is 0. The smallest absolute Gasteiger partial charge is 0.227 e. The molecule has 0 saturated carbocycles. The molecule has 0 aliphatic heterocycles. The number of rotatable bonds is 6. The third-order valence-electron chi connectivity index (χ3n) is 13.8. The Morgan fingerprint density at radius 3 is 1.27 bits per heavy atom. The van der Waals surface area contributed by atoms with E-state index in [1.807, 2.05) is 48.5 Å². The minimum atomic E-state index is -0.453. The van der Waals surface area contributed by atoms with Crippen LogP contribution in [0.2, 0.25) is 0 Å². The molecule has 0 unspecified atom stereocenters. The molecule has 2 aliphatic rings. The lowest BCUT2D eigenvalue weighted by atomic mass is 9.67. The molecule has 2 aromatic heterocycles. The standard InChI is InChI=1S/C60H40N2O2/c1-59(2)50-34-37(38-26-30-48-45-19-9-10-20-49(45)60(52(48)36-38,43-15-5-3-6-16-43)44-17-7-4-8-18-44)25-28-46(50)47-29-27-39(35-51(47)59)40-31-41(57-61-53-21-11-13-23-55(53)63-57)33-42(32-40)58-62-54-22-12-14-24-56(54)64-58/h3-36H,1-2H3. The molecule has 0 bridgehead atoms. The number of hydrogen-bond acceptors (Lipinski definition) is 4. The number of oxazole rings is 2. The van der Waals surface area contributed by atoms with Crippen LogP contribution >= 0.6 is 0 Å². The van der Waals surface area contributed by atoms with Crippen molar-refractivity contribution >= 4 is 22.2 Å². The first-order chi connectivity index (χ1) is 31.4. The number of nitrogens with zero attached hydrogens (tertiary/aromatic N) is 2. The fourth-order valence-corrected chi connectivity index (χ4v) is 10.8. The van der Waals surface area contributed by atoms with Gasteiger partial charge < -0.3 is 8.83 Å². The molecule has 0 amide bonds. The van der Waals surface area contributed by atoms with Gasteiger partial charge in [-0.05, 0) is 139 Å². The van der Waals surface area contributed by atoms with Gasteiger partial charge in [0.25, 0.3) is 0 Å². The van der Waals surface area contributed by atoms with E-state index in [9.17, 15) is 0 Å². The Morgan fingerprint density at radius 1 is 0.328 bits per heavy atom. The maximum atomic E-state index is 6.33. The molecule has 11 aromatic rings. The normalized spacial score (nSPS) is 14.0. The van der Waals surface area contributed by atoms with E-state index in [2.05, 4.69) is 172 Å². The zero-order valence-electron chi connectivity index (χ0n) is 35.3. The number of aromatic nitrogens is 2. The number of para-hydroxylation sites is 4. The van der Waals surface area contributed by atoms with Crippen molar-refractivity contribution in [3.05, 3.63) is 240 Å². The zero-order chi connectivity index (χ0) is 42.6. The summed E-state index contributed by atoms with van der Waals surface area (Å²) < 4.78 is 12.7. The topological polar surface area (TPSA) is 52.1 Å². The molecule has 9 aromatic carbocycles. The molecule has 302 valence electrons. The lowest BCUT2D eigenvalue weighted by Crippen LogP contribution is -2.28. The summed E-state index contributed by atoms with van der Waals surface area (Å²) in [5.74, 6) is 1.11. The molecular formula is C60H40N2O2. The van der Waals surface area contributed by atoms with Crippen molar-refractivity contribution in [1.82, 2.24) is 9.97 Å². The lowest BCUT2D eigenvalue weighted by Gasteiger charge is -2.34. The van der Waals surface area contributed by atoms with Gasteiger partial charge in [0.2, 0.25) is 11.8 Å². The Labute approximate surface area is 371 Å². The molecule has 4 heteroatoms. The summed E-state index contributed by atoms with van der Waals surface area (Å²) in [4.78, 5) is 9.77. The van der Waals surface area contributed by atoms with Crippen molar-refractivity contribution in [1.29, 1.82) is 0 Å². The van der Waals surface area contributed by atoms with Crippen LogP contribution in [0, 0.1) is 0 Å². The van der Waals surface area contributed by atoms with Crippen LogP contribution in [0.15, 0.2) is 215 Å². The van der Waals surface area contributed by atoms with Crippen LogP contribution in [0.4, 0.5) is 0 Å². The third kappa shape index (κ3) is 5.36. The second kappa shape index (κ2) is 13.7. The Bertz CT molecular complexity index is 3450. The predicted octanol–water partition coefficient (Wildman–Crippen LogP) is 15.3. The Morgan fingerprint density at radius 2 is 0.734 bits per heavy atom. The average Bonchev–Trinajstić information content (AvgIpc) is 4.11. The van der Waals surface area contributed by atoms with E-state index < -0.39 is 5.41 Å². The third-order valence-corrected chi connectivity index (χ3v) is 13.8. The maximum Gasteiger partial charge on any atom is 0.227 e. The quantitative estimate of drug-likeness (QED) is 0.168. The first kappa shape index (κ1) is 36.6. The second-order valence-corrected chi connectivity index (χ2v) is 17.7. The van der Waals surface area contributed by atoms with Crippen molar-refractivity contribution in [3.63, 3.8) is 0 Å². The molecule has 13 rings (SSSR count). The van der Waals surface area contributed by atoms with Gasteiger partial charge in [-0.3, -0.25) is 0 Å². The highest BCUT2D eigenvalue weighted by atomic mass is 16.4.